The number of hydrogen-bond donors (Lipinski definition) is 2. The number of carbonyl (C=O) groups excluding carboxylic acids is 2. The largest absolute Gasteiger partial charge is 0.496 e. The zero-order chi connectivity index (χ0) is 21.5. The first-order valence-corrected chi connectivity index (χ1v) is 10.5. The van der Waals surface area contributed by atoms with E-state index in [1.807, 2.05) is 43.3 Å². The number of para-hydroxylation sites is 1. The number of likely N-dealkylation sites (tertiary alicyclic amines) is 1. The number of nitrogens with one attached hydrogen (secondary N) is 2. The summed E-state index contributed by atoms with van der Waals surface area (Å²) in [4.78, 5) is 27.5. The third-order valence-electron chi connectivity index (χ3n) is 5.57. The summed E-state index contributed by atoms with van der Waals surface area (Å²) in [5.41, 5.74) is 2.63. The van der Waals surface area contributed by atoms with Crippen LogP contribution in [-0.2, 0) is 4.79 Å². The van der Waals surface area contributed by atoms with E-state index in [1.54, 1.807) is 20.1 Å². The Morgan fingerprint density at radius 3 is 2.53 bits per heavy atom. The van der Waals surface area contributed by atoms with Crippen LogP contribution in [-0.4, -0.2) is 49.5 Å². The molecule has 6 nitrogen and oxygen atoms in total. The maximum absolute atomic E-state index is 12.7. The average molecular weight is 410 g/mol. The van der Waals surface area contributed by atoms with Crippen molar-refractivity contribution in [2.45, 2.75) is 38.8 Å². The van der Waals surface area contributed by atoms with Crippen LogP contribution in [0.5, 0.6) is 5.75 Å². The summed E-state index contributed by atoms with van der Waals surface area (Å²) in [5, 5.41) is 5.82. The molecule has 0 aromatic heterocycles. The highest BCUT2D eigenvalue weighted by molar-refractivity contribution is 5.97. The highest BCUT2D eigenvalue weighted by atomic mass is 16.5. The number of nitrogens with zero attached hydrogens (tertiary/aromatic N) is 1. The van der Waals surface area contributed by atoms with Crippen LogP contribution >= 0.6 is 0 Å². The minimum atomic E-state index is -0.630. The van der Waals surface area contributed by atoms with Crippen molar-refractivity contribution < 1.29 is 14.3 Å². The molecule has 2 unspecified atom stereocenters. The molecule has 2 atom stereocenters. The van der Waals surface area contributed by atoms with Gasteiger partial charge in [0.15, 0.2) is 0 Å². The van der Waals surface area contributed by atoms with Gasteiger partial charge in [-0.1, -0.05) is 35.9 Å². The van der Waals surface area contributed by atoms with Gasteiger partial charge in [-0.05, 0) is 58.0 Å². The third kappa shape index (κ3) is 5.39. The van der Waals surface area contributed by atoms with Gasteiger partial charge in [0.25, 0.3) is 5.91 Å². The molecule has 3 rings (SSSR count). The Labute approximate surface area is 178 Å². The van der Waals surface area contributed by atoms with E-state index in [0.717, 1.165) is 42.8 Å². The van der Waals surface area contributed by atoms with Crippen molar-refractivity contribution in [3.05, 3.63) is 65.2 Å². The van der Waals surface area contributed by atoms with Gasteiger partial charge in [0.1, 0.15) is 11.8 Å². The number of benzene rings is 2. The molecule has 1 saturated heterocycles. The second-order valence-electron chi connectivity index (χ2n) is 7.81. The van der Waals surface area contributed by atoms with Crippen LogP contribution in [0.2, 0.25) is 0 Å². The van der Waals surface area contributed by atoms with Crippen molar-refractivity contribution >= 4 is 11.8 Å². The summed E-state index contributed by atoms with van der Waals surface area (Å²) in [7, 11) is 1.67. The van der Waals surface area contributed by atoms with Gasteiger partial charge in [0.05, 0.1) is 13.2 Å². The van der Waals surface area contributed by atoms with E-state index >= 15 is 0 Å². The van der Waals surface area contributed by atoms with E-state index in [0.29, 0.717) is 12.1 Å². The van der Waals surface area contributed by atoms with Gasteiger partial charge in [0, 0.05) is 17.7 Å². The SMILES string of the molecule is COc1ccccc1C(CNC(=O)C(C)NC(=O)c1cccc(C)c1)N1CCCC1. The Hall–Kier alpha value is -2.86. The first kappa shape index (κ1) is 21.8. The molecule has 2 aromatic rings. The molecule has 0 radical (unpaired) electrons. The topological polar surface area (TPSA) is 70.7 Å². The molecule has 0 saturated carbocycles. The number of hydrogen-bond acceptors (Lipinski definition) is 4. The molecule has 6 heteroatoms. The first-order valence-electron chi connectivity index (χ1n) is 10.5. The molecular formula is C24H31N3O3. The van der Waals surface area contributed by atoms with E-state index in [1.165, 1.54) is 0 Å². The minimum absolute atomic E-state index is 0.0345. The molecule has 0 aliphatic carbocycles. The third-order valence-corrected chi connectivity index (χ3v) is 5.57. The minimum Gasteiger partial charge on any atom is -0.496 e. The molecule has 1 aliphatic rings. The standard InChI is InChI=1S/C24H31N3O3/c1-17-9-8-10-19(15-17)24(29)26-18(2)23(28)25-16-21(27-13-6-7-14-27)20-11-4-5-12-22(20)30-3/h4-5,8-12,15,18,21H,6-7,13-14,16H2,1-3H3,(H,25,28)(H,26,29). The fourth-order valence-corrected chi connectivity index (χ4v) is 3.91. The van der Waals surface area contributed by atoms with E-state index in [4.69, 9.17) is 4.74 Å². The van der Waals surface area contributed by atoms with Gasteiger partial charge in [-0.3, -0.25) is 14.5 Å². The summed E-state index contributed by atoms with van der Waals surface area (Å²) < 4.78 is 5.56. The predicted molar refractivity (Wildman–Crippen MR) is 118 cm³/mol. The normalized spacial score (nSPS) is 16.0. The maximum Gasteiger partial charge on any atom is 0.251 e. The van der Waals surface area contributed by atoms with E-state index in [-0.39, 0.29) is 17.9 Å². The van der Waals surface area contributed by atoms with Crippen molar-refractivity contribution in [3.63, 3.8) is 0 Å². The Balaban J connectivity index is 1.64. The summed E-state index contributed by atoms with van der Waals surface area (Å²) in [6.45, 7) is 6.10. The number of aryl methyl sites for hydroxylation is 1. The van der Waals surface area contributed by atoms with Gasteiger partial charge in [-0.15, -0.1) is 0 Å². The number of rotatable bonds is 8. The van der Waals surface area contributed by atoms with Crippen LogP contribution in [0.1, 0.15) is 47.3 Å². The lowest BCUT2D eigenvalue weighted by Gasteiger charge is -2.29. The highest BCUT2D eigenvalue weighted by Crippen LogP contribution is 2.31. The molecule has 2 N–H and O–H groups in total. The van der Waals surface area contributed by atoms with Crippen LogP contribution in [0.15, 0.2) is 48.5 Å². The zero-order valence-electron chi connectivity index (χ0n) is 18.0. The van der Waals surface area contributed by atoms with Gasteiger partial charge in [0.2, 0.25) is 5.91 Å². The number of ether oxygens (including phenoxy) is 1. The fraction of sp³-hybridized carbons (Fsp3) is 0.417. The van der Waals surface area contributed by atoms with Crippen LogP contribution in [0.25, 0.3) is 0 Å². The molecular weight excluding hydrogens is 378 g/mol. The first-order chi connectivity index (χ1) is 14.5. The van der Waals surface area contributed by atoms with Gasteiger partial charge in [-0.2, -0.15) is 0 Å². The molecule has 160 valence electrons. The fourth-order valence-electron chi connectivity index (χ4n) is 3.91. The maximum atomic E-state index is 12.7. The number of methoxy groups -OCH3 is 1. The second-order valence-corrected chi connectivity index (χ2v) is 7.81. The van der Waals surface area contributed by atoms with Crippen molar-refractivity contribution in [1.82, 2.24) is 15.5 Å². The summed E-state index contributed by atoms with van der Waals surface area (Å²) in [6.07, 6.45) is 2.31. The lowest BCUT2D eigenvalue weighted by molar-refractivity contribution is -0.122. The molecule has 30 heavy (non-hydrogen) atoms. The van der Waals surface area contributed by atoms with Crippen LogP contribution in [0.4, 0.5) is 0 Å². The van der Waals surface area contributed by atoms with E-state index in [9.17, 15) is 9.59 Å². The second kappa shape index (κ2) is 10.3. The van der Waals surface area contributed by atoms with Gasteiger partial charge < -0.3 is 15.4 Å². The molecule has 0 spiro atoms. The highest BCUT2D eigenvalue weighted by Gasteiger charge is 2.27. The van der Waals surface area contributed by atoms with Gasteiger partial charge >= 0.3 is 0 Å². The molecule has 1 fully saturated rings. The molecule has 2 amide bonds. The van der Waals surface area contributed by atoms with Crippen molar-refractivity contribution in [2.24, 2.45) is 0 Å². The van der Waals surface area contributed by atoms with Crippen LogP contribution < -0.4 is 15.4 Å². The average Bonchev–Trinajstić information content (AvgIpc) is 3.28. The molecule has 1 aliphatic heterocycles. The Bertz CT molecular complexity index is 878. The number of amides is 2. The Kier molecular flexibility index (Phi) is 7.46. The Morgan fingerprint density at radius 2 is 1.83 bits per heavy atom. The summed E-state index contributed by atoms with van der Waals surface area (Å²) in [5.74, 6) is 0.377. The predicted octanol–water partition coefficient (Wildman–Crippen LogP) is 3.08. The zero-order valence-corrected chi connectivity index (χ0v) is 18.0. The van der Waals surface area contributed by atoms with E-state index in [2.05, 4.69) is 21.6 Å². The smallest absolute Gasteiger partial charge is 0.251 e. The summed E-state index contributed by atoms with van der Waals surface area (Å²) >= 11 is 0. The number of carbonyl (C=O) groups is 2. The van der Waals surface area contributed by atoms with Crippen molar-refractivity contribution in [2.75, 3.05) is 26.7 Å². The van der Waals surface area contributed by atoms with Crippen LogP contribution in [0, 0.1) is 6.92 Å². The molecule has 0 bridgehead atoms. The van der Waals surface area contributed by atoms with Gasteiger partial charge in [-0.25, -0.2) is 0 Å². The monoisotopic (exact) mass is 409 g/mol. The molecule has 1 heterocycles. The van der Waals surface area contributed by atoms with Crippen molar-refractivity contribution in [3.8, 4) is 5.75 Å². The lowest BCUT2D eigenvalue weighted by atomic mass is 10.0. The van der Waals surface area contributed by atoms with E-state index < -0.39 is 6.04 Å². The van der Waals surface area contributed by atoms with Crippen molar-refractivity contribution in [1.29, 1.82) is 0 Å². The molecule has 2 aromatic carbocycles. The quantitative estimate of drug-likeness (QED) is 0.703. The van der Waals surface area contributed by atoms with Crippen LogP contribution in [0.3, 0.4) is 0 Å². The lowest BCUT2D eigenvalue weighted by Crippen LogP contribution is -2.47. The summed E-state index contributed by atoms with van der Waals surface area (Å²) in [6, 6.07) is 14.7. The Morgan fingerprint density at radius 1 is 1.10 bits per heavy atom.